The van der Waals surface area contributed by atoms with Gasteiger partial charge in [0.25, 0.3) is 5.91 Å². The van der Waals surface area contributed by atoms with E-state index in [9.17, 15) is 4.79 Å². The van der Waals surface area contributed by atoms with Gasteiger partial charge < -0.3 is 14.9 Å². The number of rotatable bonds is 5. The Morgan fingerprint density at radius 2 is 1.96 bits per heavy atom. The molecule has 6 heteroatoms. The van der Waals surface area contributed by atoms with E-state index in [-0.39, 0.29) is 12.5 Å². The summed E-state index contributed by atoms with van der Waals surface area (Å²) < 4.78 is 0. The fourth-order valence-corrected chi connectivity index (χ4v) is 3.88. The van der Waals surface area contributed by atoms with Crippen LogP contribution in [-0.2, 0) is 0 Å². The maximum Gasteiger partial charge on any atom is 0.253 e. The van der Waals surface area contributed by atoms with Crippen LogP contribution in [0.2, 0.25) is 0 Å². The Morgan fingerprint density at radius 3 is 2.69 bits per heavy atom. The number of pyridine rings is 1. The first-order chi connectivity index (χ1) is 12.7. The first-order valence-corrected chi connectivity index (χ1v) is 9.96. The first-order valence-electron chi connectivity index (χ1n) is 8.97. The van der Waals surface area contributed by atoms with Gasteiger partial charge in [0.1, 0.15) is 0 Å². The average Bonchev–Trinajstić information content (AvgIpc) is 2.93. The van der Waals surface area contributed by atoms with Gasteiger partial charge in [-0.3, -0.25) is 9.78 Å². The highest BCUT2D eigenvalue weighted by Crippen LogP contribution is 2.22. The van der Waals surface area contributed by atoms with E-state index in [1.807, 2.05) is 41.6 Å². The second-order valence-corrected chi connectivity index (χ2v) is 7.56. The maximum atomic E-state index is 12.8. The van der Waals surface area contributed by atoms with Crippen molar-refractivity contribution in [1.29, 1.82) is 0 Å². The molecule has 1 saturated heterocycles. The van der Waals surface area contributed by atoms with E-state index in [2.05, 4.69) is 22.9 Å². The Kier molecular flexibility index (Phi) is 6.52. The molecule has 0 radical (unpaired) electrons. The van der Waals surface area contributed by atoms with E-state index in [4.69, 9.17) is 5.11 Å². The van der Waals surface area contributed by atoms with Crippen LogP contribution in [0.5, 0.6) is 0 Å². The standard InChI is InChI=1S/C20H25N3O2S/c1-16-15-21-8-7-19(16)22-9-2-10-23(12-11-22)20(25)17-3-5-18(6-4-17)26-14-13-24/h3-8,15,24H,2,9-14H2,1H3. The van der Waals surface area contributed by atoms with Crippen molar-refractivity contribution >= 4 is 23.4 Å². The molecule has 26 heavy (non-hydrogen) atoms. The molecule has 1 aliphatic rings. The molecule has 1 aliphatic heterocycles. The summed E-state index contributed by atoms with van der Waals surface area (Å²) in [4.78, 5) is 22.4. The first kappa shape index (κ1) is 18.7. The molecule has 0 bridgehead atoms. The number of carbonyl (C=O) groups excluding carboxylic acids is 1. The third-order valence-corrected chi connectivity index (χ3v) is 5.57. The number of aromatic nitrogens is 1. The van der Waals surface area contributed by atoms with Crippen LogP contribution in [0.3, 0.4) is 0 Å². The van der Waals surface area contributed by atoms with E-state index in [0.717, 1.165) is 43.1 Å². The zero-order chi connectivity index (χ0) is 18.4. The lowest BCUT2D eigenvalue weighted by Crippen LogP contribution is -2.35. The Balaban J connectivity index is 1.63. The van der Waals surface area contributed by atoms with E-state index >= 15 is 0 Å². The number of hydrogen-bond acceptors (Lipinski definition) is 5. The molecule has 0 atom stereocenters. The lowest BCUT2D eigenvalue weighted by atomic mass is 10.2. The van der Waals surface area contributed by atoms with Crippen LogP contribution in [0.15, 0.2) is 47.6 Å². The van der Waals surface area contributed by atoms with Crippen LogP contribution < -0.4 is 4.90 Å². The maximum absolute atomic E-state index is 12.8. The minimum Gasteiger partial charge on any atom is -0.396 e. The van der Waals surface area contributed by atoms with Gasteiger partial charge in [-0.05, 0) is 49.2 Å². The highest BCUT2D eigenvalue weighted by molar-refractivity contribution is 7.99. The minimum absolute atomic E-state index is 0.0945. The molecule has 2 heterocycles. The van der Waals surface area contributed by atoms with Crippen LogP contribution in [0.25, 0.3) is 0 Å². The van der Waals surface area contributed by atoms with Crippen molar-refractivity contribution < 1.29 is 9.90 Å². The number of thioether (sulfide) groups is 1. The molecule has 0 unspecified atom stereocenters. The van der Waals surface area contributed by atoms with E-state index in [1.54, 1.807) is 11.8 Å². The molecule has 1 amide bonds. The van der Waals surface area contributed by atoms with Gasteiger partial charge >= 0.3 is 0 Å². The Bertz CT molecular complexity index is 736. The van der Waals surface area contributed by atoms with Gasteiger partial charge in [0, 0.05) is 60.5 Å². The number of benzene rings is 1. The van der Waals surface area contributed by atoms with Gasteiger partial charge in [-0.1, -0.05) is 0 Å². The number of anilines is 1. The quantitative estimate of drug-likeness (QED) is 0.819. The molecule has 1 aromatic heterocycles. The molecule has 0 saturated carbocycles. The van der Waals surface area contributed by atoms with Gasteiger partial charge in [-0.2, -0.15) is 0 Å². The minimum atomic E-state index is 0.0945. The van der Waals surface area contributed by atoms with Crippen LogP contribution in [0, 0.1) is 6.92 Å². The Labute approximate surface area is 159 Å². The number of carbonyl (C=O) groups is 1. The molecule has 2 aromatic rings. The van der Waals surface area contributed by atoms with Gasteiger partial charge in [-0.25, -0.2) is 0 Å². The SMILES string of the molecule is Cc1cnccc1N1CCCN(C(=O)c2ccc(SCCO)cc2)CC1. The van der Waals surface area contributed by atoms with Gasteiger partial charge in [0.05, 0.1) is 6.61 Å². The highest BCUT2D eigenvalue weighted by Gasteiger charge is 2.21. The average molecular weight is 372 g/mol. The fraction of sp³-hybridized carbons (Fsp3) is 0.400. The Hall–Kier alpha value is -2.05. The number of nitrogens with zero attached hydrogens (tertiary/aromatic N) is 3. The lowest BCUT2D eigenvalue weighted by molar-refractivity contribution is 0.0767. The smallest absolute Gasteiger partial charge is 0.253 e. The molecule has 3 rings (SSSR count). The second kappa shape index (κ2) is 9.05. The number of hydrogen-bond donors (Lipinski definition) is 1. The molecule has 1 N–H and O–H groups in total. The second-order valence-electron chi connectivity index (χ2n) is 6.39. The van der Waals surface area contributed by atoms with Crippen LogP contribution >= 0.6 is 11.8 Å². The van der Waals surface area contributed by atoms with Crippen molar-refractivity contribution in [3.63, 3.8) is 0 Å². The summed E-state index contributed by atoms with van der Waals surface area (Å²) in [6, 6.07) is 9.74. The van der Waals surface area contributed by atoms with Crippen molar-refractivity contribution in [1.82, 2.24) is 9.88 Å². The van der Waals surface area contributed by atoms with Crippen LogP contribution in [-0.4, -0.2) is 59.4 Å². The van der Waals surface area contributed by atoms with Crippen molar-refractivity contribution in [2.45, 2.75) is 18.2 Å². The summed E-state index contributed by atoms with van der Waals surface area (Å²) >= 11 is 1.59. The summed E-state index contributed by atoms with van der Waals surface area (Å²) in [7, 11) is 0. The summed E-state index contributed by atoms with van der Waals surface area (Å²) in [5, 5.41) is 8.90. The topological polar surface area (TPSA) is 56.7 Å². The number of aliphatic hydroxyl groups excluding tert-OH is 1. The van der Waals surface area contributed by atoms with E-state index in [0.29, 0.717) is 5.75 Å². The number of aryl methyl sites for hydroxylation is 1. The van der Waals surface area contributed by atoms with Crippen LogP contribution in [0.4, 0.5) is 5.69 Å². The van der Waals surface area contributed by atoms with Gasteiger partial charge in [0.2, 0.25) is 0 Å². The highest BCUT2D eigenvalue weighted by atomic mass is 32.2. The molecular weight excluding hydrogens is 346 g/mol. The zero-order valence-electron chi connectivity index (χ0n) is 15.1. The van der Waals surface area contributed by atoms with Gasteiger partial charge in [-0.15, -0.1) is 11.8 Å². The number of amides is 1. The van der Waals surface area contributed by atoms with E-state index < -0.39 is 0 Å². The van der Waals surface area contributed by atoms with Crippen molar-refractivity contribution in [2.75, 3.05) is 43.4 Å². The van der Waals surface area contributed by atoms with Gasteiger partial charge in [0.15, 0.2) is 0 Å². The molecule has 1 fully saturated rings. The lowest BCUT2D eigenvalue weighted by Gasteiger charge is -2.25. The zero-order valence-corrected chi connectivity index (χ0v) is 15.9. The van der Waals surface area contributed by atoms with Crippen LogP contribution in [0.1, 0.15) is 22.3 Å². The van der Waals surface area contributed by atoms with Crippen molar-refractivity contribution in [2.24, 2.45) is 0 Å². The van der Waals surface area contributed by atoms with Crippen molar-refractivity contribution in [3.8, 4) is 0 Å². The molecule has 0 aliphatic carbocycles. The monoisotopic (exact) mass is 371 g/mol. The van der Waals surface area contributed by atoms with E-state index in [1.165, 1.54) is 11.3 Å². The molecule has 0 spiro atoms. The normalized spacial score (nSPS) is 15.0. The summed E-state index contributed by atoms with van der Waals surface area (Å²) in [6.07, 6.45) is 4.67. The largest absolute Gasteiger partial charge is 0.396 e. The fourth-order valence-electron chi connectivity index (χ4n) is 3.22. The molecule has 138 valence electrons. The third kappa shape index (κ3) is 4.56. The number of aliphatic hydroxyl groups is 1. The molecular formula is C20H25N3O2S. The predicted molar refractivity (Wildman–Crippen MR) is 106 cm³/mol. The third-order valence-electron chi connectivity index (χ3n) is 4.58. The molecule has 1 aromatic carbocycles. The summed E-state index contributed by atoms with van der Waals surface area (Å²) in [5.41, 5.74) is 3.11. The Morgan fingerprint density at radius 1 is 1.15 bits per heavy atom. The predicted octanol–water partition coefficient (Wildman–Crippen LogP) is 2.83. The summed E-state index contributed by atoms with van der Waals surface area (Å²) in [6.45, 7) is 5.52. The van der Waals surface area contributed by atoms with Crippen molar-refractivity contribution in [3.05, 3.63) is 53.9 Å². The molecule has 5 nitrogen and oxygen atoms in total. The summed E-state index contributed by atoms with van der Waals surface area (Å²) in [5.74, 6) is 0.765.